The van der Waals surface area contributed by atoms with E-state index < -0.39 is 17.0 Å². The average molecular weight is 484 g/mol. The van der Waals surface area contributed by atoms with Gasteiger partial charge in [-0.1, -0.05) is 90.9 Å². The summed E-state index contributed by atoms with van der Waals surface area (Å²) in [7, 11) is 2.00. The smallest absolute Gasteiger partial charge is 0.139 e. The Morgan fingerprint density at radius 2 is 1.30 bits per heavy atom. The monoisotopic (exact) mass is 484 g/mol. The molecule has 4 heteroatoms. The highest BCUT2D eigenvalue weighted by Gasteiger charge is 2.49. The van der Waals surface area contributed by atoms with Crippen molar-refractivity contribution in [1.29, 1.82) is 0 Å². The Hall–Kier alpha value is -4.44. The second-order valence-electron chi connectivity index (χ2n) is 9.34. The molecular weight excluding hydrogens is 461 g/mol. The molecule has 0 N–H and O–H groups in total. The first kappa shape index (κ1) is 23.0. The van der Waals surface area contributed by atoms with Gasteiger partial charge in [0.25, 0.3) is 0 Å². The molecule has 1 aliphatic rings. The van der Waals surface area contributed by atoms with Crippen LogP contribution in [0.15, 0.2) is 116 Å². The standard InChI is InChI=1S/C33H23BF2O/c1-2-21-10-15-24(16-11-21)37-25-17-12-22(13-18-25)33(32-30(35)8-5-9-31(32)36)28-7-4-3-6-26(28)27-19-14-23(34)20-29(27)33/h2-20H,1,34H2. The molecule has 0 saturated carbocycles. The van der Waals surface area contributed by atoms with Crippen LogP contribution in [0.1, 0.15) is 27.8 Å². The lowest BCUT2D eigenvalue weighted by Crippen LogP contribution is -2.32. The zero-order chi connectivity index (χ0) is 25.6. The van der Waals surface area contributed by atoms with Crippen LogP contribution in [0.2, 0.25) is 0 Å². The minimum Gasteiger partial charge on any atom is -0.457 e. The fourth-order valence-electron chi connectivity index (χ4n) is 5.56. The van der Waals surface area contributed by atoms with E-state index in [2.05, 4.69) is 6.58 Å². The highest BCUT2D eigenvalue weighted by atomic mass is 19.1. The molecule has 0 aliphatic heterocycles. The number of hydrogen-bond acceptors (Lipinski definition) is 1. The van der Waals surface area contributed by atoms with Crippen molar-refractivity contribution in [2.45, 2.75) is 5.41 Å². The predicted octanol–water partition coefficient (Wildman–Crippen LogP) is 7.02. The quantitative estimate of drug-likeness (QED) is 0.239. The maximum Gasteiger partial charge on any atom is 0.139 e. The SMILES string of the molecule is Bc1ccc2c(c1)C(c1ccc(Oc3ccc(C=C)cc3)cc1)(c1c(F)cccc1F)c1ccccc1-2. The van der Waals surface area contributed by atoms with Crippen molar-refractivity contribution in [3.8, 4) is 22.6 Å². The number of halogens is 2. The topological polar surface area (TPSA) is 9.23 Å². The van der Waals surface area contributed by atoms with E-state index in [9.17, 15) is 0 Å². The molecule has 178 valence electrons. The first-order chi connectivity index (χ1) is 18.0. The van der Waals surface area contributed by atoms with Gasteiger partial charge in [-0.15, -0.1) is 0 Å². The van der Waals surface area contributed by atoms with Crippen molar-refractivity contribution in [1.82, 2.24) is 0 Å². The van der Waals surface area contributed by atoms with Gasteiger partial charge in [0.05, 0.1) is 5.41 Å². The third-order valence-corrected chi connectivity index (χ3v) is 7.18. The molecule has 0 heterocycles. The molecule has 0 radical (unpaired) electrons. The van der Waals surface area contributed by atoms with Crippen LogP contribution in [0, 0.1) is 11.6 Å². The first-order valence-electron chi connectivity index (χ1n) is 12.2. The highest BCUT2D eigenvalue weighted by molar-refractivity contribution is 6.32. The average Bonchev–Trinajstić information content (AvgIpc) is 3.20. The highest BCUT2D eigenvalue weighted by Crippen LogP contribution is 2.56. The second kappa shape index (κ2) is 8.90. The second-order valence-corrected chi connectivity index (χ2v) is 9.34. The molecule has 5 aromatic carbocycles. The lowest BCUT2D eigenvalue weighted by Gasteiger charge is -2.34. The van der Waals surface area contributed by atoms with Gasteiger partial charge in [0.2, 0.25) is 0 Å². The van der Waals surface area contributed by atoms with Gasteiger partial charge in [0, 0.05) is 5.56 Å². The van der Waals surface area contributed by atoms with Crippen LogP contribution in [0.5, 0.6) is 11.5 Å². The van der Waals surface area contributed by atoms with Gasteiger partial charge in [-0.3, -0.25) is 0 Å². The zero-order valence-electron chi connectivity index (χ0n) is 20.3. The number of fused-ring (bicyclic) bond motifs is 3. The van der Waals surface area contributed by atoms with E-state index in [1.807, 2.05) is 98.8 Å². The first-order valence-corrected chi connectivity index (χ1v) is 12.2. The van der Waals surface area contributed by atoms with Crippen molar-refractivity contribution in [3.63, 3.8) is 0 Å². The molecule has 0 saturated heterocycles. The Kier molecular flexibility index (Phi) is 5.53. The minimum absolute atomic E-state index is 0.0282. The zero-order valence-corrected chi connectivity index (χ0v) is 20.3. The molecule has 1 unspecified atom stereocenters. The van der Waals surface area contributed by atoms with Crippen LogP contribution in [0.3, 0.4) is 0 Å². The van der Waals surface area contributed by atoms with Crippen molar-refractivity contribution < 1.29 is 13.5 Å². The summed E-state index contributed by atoms with van der Waals surface area (Å²) in [6.07, 6.45) is 1.78. The summed E-state index contributed by atoms with van der Waals surface area (Å²) in [5, 5.41) is 0. The number of ether oxygens (including phenoxy) is 1. The predicted molar refractivity (Wildman–Crippen MR) is 148 cm³/mol. The molecule has 0 aromatic heterocycles. The molecule has 5 aromatic rings. The van der Waals surface area contributed by atoms with E-state index in [-0.39, 0.29) is 5.56 Å². The maximum absolute atomic E-state index is 15.7. The van der Waals surface area contributed by atoms with E-state index in [1.54, 1.807) is 6.08 Å². The number of benzene rings is 5. The fraction of sp³-hybridized carbons (Fsp3) is 0.0303. The summed E-state index contributed by atoms with van der Waals surface area (Å²) >= 11 is 0. The van der Waals surface area contributed by atoms with E-state index in [0.29, 0.717) is 11.5 Å². The Bertz CT molecular complexity index is 1620. The molecule has 0 bridgehead atoms. The molecule has 0 amide bonds. The lowest BCUT2D eigenvalue weighted by molar-refractivity contribution is 0.482. The van der Waals surface area contributed by atoms with Gasteiger partial charge in [-0.05, 0) is 69.8 Å². The van der Waals surface area contributed by atoms with Crippen LogP contribution in [0.4, 0.5) is 8.78 Å². The maximum atomic E-state index is 15.7. The van der Waals surface area contributed by atoms with Gasteiger partial charge in [0.15, 0.2) is 0 Å². The van der Waals surface area contributed by atoms with E-state index >= 15 is 8.78 Å². The number of hydrogen-bond donors (Lipinski definition) is 0. The molecule has 1 nitrogen and oxygen atoms in total. The summed E-state index contributed by atoms with van der Waals surface area (Å²) in [4.78, 5) is 0. The molecule has 0 fully saturated rings. The Balaban J connectivity index is 1.57. The molecule has 1 atom stereocenters. The third-order valence-electron chi connectivity index (χ3n) is 7.18. The van der Waals surface area contributed by atoms with E-state index in [1.165, 1.54) is 18.2 Å². The van der Waals surface area contributed by atoms with Crippen LogP contribution in [-0.4, -0.2) is 7.85 Å². The Labute approximate surface area is 216 Å². The molecule has 1 aliphatic carbocycles. The third kappa shape index (κ3) is 3.60. The molecule has 0 spiro atoms. The summed E-state index contributed by atoms with van der Waals surface area (Å²) < 4.78 is 37.4. The molecule has 6 rings (SSSR count). The van der Waals surface area contributed by atoms with Crippen molar-refractivity contribution in [2.75, 3.05) is 0 Å². The van der Waals surface area contributed by atoms with Gasteiger partial charge < -0.3 is 4.74 Å². The van der Waals surface area contributed by atoms with Crippen LogP contribution < -0.4 is 10.2 Å². The van der Waals surface area contributed by atoms with Crippen molar-refractivity contribution in [2.24, 2.45) is 0 Å². The van der Waals surface area contributed by atoms with Crippen LogP contribution in [0.25, 0.3) is 17.2 Å². The Morgan fingerprint density at radius 3 is 1.97 bits per heavy atom. The molecular formula is C33H23BF2O. The van der Waals surface area contributed by atoms with E-state index in [0.717, 1.165) is 38.8 Å². The van der Waals surface area contributed by atoms with Gasteiger partial charge in [-0.25, -0.2) is 8.78 Å². The van der Waals surface area contributed by atoms with Gasteiger partial charge >= 0.3 is 0 Å². The molecule has 37 heavy (non-hydrogen) atoms. The summed E-state index contributed by atoms with van der Waals surface area (Å²) in [6, 6.07) is 33.3. The summed E-state index contributed by atoms with van der Waals surface area (Å²) in [5.41, 5.74) is 5.34. The Morgan fingerprint density at radius 1 is 0.676 bits per heavy atom. The van der Waals surface area contributed by atoms with Crippen LogP contribution >= 0.6 is 0 Å². The van der Waals surface area contributed by atoms with Crippen LogP contribution in [-0.2, 0) is 5.41 Å². The van der Waals surface area contributed by atoms with Crippen molar-refractivity contribution in [3.05, 3.63) is 155 Å². The largest absolute Gasteiger partial charge is 0.457 e. The fourth-order valence-corrected chi connectivity index (χ4v) is 5.56. The summed E-state index contributed by atoms with van der Waals surface area (Å²) in [6.45, 7) is 3.78. The normalized spacial score (nSPS) is 15.6. The summed E-state index contributed by atoms with van der Waals surface area (Å²) in [5.74, 6) is 0.175. The minimum atomic E-state index is -1.16. The number of rotatable bonds is 5. The van der Waals surface area contributed by atoms with Crippen molar-refractivity contribution >= 4 is 19.4 Å². The van der Waals surface area contributed by atoms with Gasteiger partial charge in [0.1, 0.15) is 31.0 Å². The lowest BCUT2D eigenvalue weighted by atomic mass is 9.66. The van der Waals surface area contributed by atoms with Gasteiger partial charge in [-0.2, -0.15) is 0 Å². The van der Waals surface area contributed by atoms with E-state index in [4.69, 9.17) is 4.74 Å².